The first kappa shape index (κ1) is 10.0. The van der Waals surface area contributed by atoms with E-state index in [9.17, 15) is 0 Å². The van der Waals surface area contributed by atoms with Crippen LogP contribution in [0.15, 0.2) is 0 Å². The molecule has 0 aliphatic carbocycles. The molecule has 2 atom stereocenters. The summed E-state index contributed by atoms with van der Waals surface area (Å²) in [7, 11) is 0. The van der Waals surface area contributed by atoms with Gasteiger partial charge < -0.3 is 5.32 Å². The summed E-state index contributed by atoms with van der Waals surface area (Å²) in [5, 5.41) is 3.58. The first-order valence-electron chi connectivity index (χ1n) is 5.60. The topological polar surface area (TPSA) is 12.0 Å². The molecule has 0 spiro atoms. The van der Waals surface area contributed by atoms with Gasteiger partial charge in [0.25, 0.3) is 0 Å². The smallest absolute Gasteiger partial charge is 0.00701 e. The van der Waals surface area contributed by atoms with Crippen LogP contribution in [0.1, 0.15) is 52.4 Å². The highest BCUT2D eigenvalue weighted by Crippen LogP contribution is 2.21. The maximum atomic E-state index is 3.58. The summed E-state index contributed by atoms with van der Waals surface area (Å²) in [6.45, 7) is 5.88. The fraction of sp³-hybridized carbons (Fsp3) is 1.00. The maximum absolute atomic E-state index is 3.58. The number of nitrogens with one attached hydrogen (secondary N) is 1. The minimum absolute atomic E-state index is 0.849. The molecule has 0 amide bonds. The standard InChI is InChI=1S/C11H23N/c1-3-6-10(4-2)9-11-7-5-8-12-11/h10-12H,3-9H2,1-2H3. The van der Waals surface area contributed by atoms with Crippen molar-refractivity contribution in [2.75, 3.05) is 6.54 Å². The van der Waals surface area contributed by atoms with Crippen LogP contribution >= 0.6 is 0 Å². The molecule has 0 aromatic rings. The zero-order chi connectivity index (χ0) is 8.81. The van der Waals surface area contributed by atoms with Crippen LogP contribution in [0.5, 0.6) is 0 Å². The van der Waals surface area contributed by atoms with E-state index in [1.807, 2.05) is 0 Å². The molecule has 1 heteroatoms. The van der Waals surface area contributed by atoms with Crippen LogP contribution in [0.3, 0.4) is 0 Å². The van der Waals surface area contributed by atoms with E-state index >= 15 is 0 Å². The summed E-state index contributed by atoms with van der Waals surface area (Å²) in [6, 6.07) is 0.849. The van der Waals surface area contributed by atoms with Crippen LogP contribution in [-0.2, 0) is 0 Å². The van der Waals surface area contributed by atoms with E-state index in [2.05, 4.69) is 19.2 Å². The molecule has 1 aliphatic rings. The van der Waals surface area contributed by atoms with E-state index in [0.717, 1.165) is 12.0 Å². The van der Waals surface area contributed by atoms with Crippen LogP contribution < -0.4 is 5.32 Å². The monoisotopic (exact) mass is 169 g/mol. The van der Waals surface area contributed by atoms with Crippen molar-refractivity contribution in [3.8, 4) is 0 Å². The van der Waals surface area contributed by atoms with E-state index in [1.54, 1.807) is 0 Å². The molecule has 1 fully saturated rings. The first-order valence-corrected chi connectivity index (χ1v) is 5.60. The number of hydrogen-bond acceptors (Lipinski definition) is 1. The predicted molar refractivity (Wildman–Crippen MR) is 54.3 cm³/mol. The Morgan fingerprint density at radius 2 is 2.25 bits per heavy atom. The highest BCUT2D eigenvalue weighted by Gasteiger charge is 2.17. The lowest BCUT2D eigenvalue weighted by molar-refractivity contribution is 0.375. The average Bonchev–Trinajstić information content (AvgIpc) is 2.56. The van der Waals surface area contributed by atoms with Crippen molar-refractivity contribution in [2.45, 2.75) is 58.4 Å². The Bertz CT molecular complexity index is 106. The van der Waals surface area contributed by atoms with Gasteiger partial charge in [-0.05, 0) is 31.7 Å². The Morgan fingerprint density at radius 1 is 1.42 bits per heavy atom. The maximum Gasteiger partial charge on any atom is 0.00701 e. The molecule has 0 bridgehead atoms. The second-order valence-corrected chi connectivity index (χ2v) is 4.09. The van der Waals surface area contributed by atoms with Crippen molar-refractivity contribution in [1.29, 1.82) is 0 Å². The molecule has 0 aromatic carbocycles. The molecule has 72 valence electrons. The quantitative estimate of drug-likeness (QED) is 0.667. The molecule has 0 aromatic heterocycles. The van der Waals surface area contributed by atoms with E-state index in [0.29, 0.717) is 0 Å². The summed E-state index contributed by atoms with van der Waals surface area (Å²) in [5.74, 6) is 0.977. The van der Waals surface area contributed by atoms with Gasteiger partial charge in [-0.25, -0.2) is 0 Å². The molecule has 1 rings (SSSR count). The van der Waals surface area contributed by atoms with Crippen LogP contribution in [-0.4, -0.2) is 12.6 Å². The molecular weight excluding hydrogens is 146 g/mol. The molecule has 2 unspecified atom stereocenters. The van der Waals surface area contributed by atoms with E-state index in [4.69, 9.17) is 0 Å². The van der Waals surface area contributed by atoms with Gasteiger partial charge in [-0.2, -0.15) is 0 Å². The minimum Gasteiger partial charge on any atom is -0.314 e. The van der Waals surface area contributed by atoms with Gasteiger partial charge in [0.05, 0.1) is 0 Å². The van der Waals surface area contributed by atoms with Crippen molar-refractivity contribution < 1.29 is 0 Å². The van der Waals surface area contributed by atoms with Crippen molar-refractivity contribution in [3.63, 3.8) is 0 Å². The minimum atomic E-state index is 0.849. The predicted octanol–water partition coefficient (Wildman–Crippen LogP) is 2.95. The zero-order valence-electron chi connectivity index (χ0n) is 8.60. The summed E-state index contributed by atoms with van der Waals surface area (Å²) in [6.07, 6.45) is 8.38. The second-order valence-electron chi connectivity index (χ2n) is 4.09. The molecule has 0 saturated carbocycles. The lowest BCUT2D eigenvalue weighted by atomic mass is 9.92. The average molecular weight is 169 g/mol. The third-order valence-electron chi connectivity index (χ3n) is 3.05. The molecule has 1 heterocycles. The Labute approximate surface area is 76.9 Å². The third kappa shape index (κ3) is 3.14. The van der Waals surface area contributed by atoms with Crippen LogP contribution in [0.2, 0.25) is 0 Å². The van der Waals surface area contributed by atoms with E-state index in [-0.39, 0.29) is 0 Å². The van der Waals surface area contributed by atoms with Gasteiger partial charge in [-0.1, -0.05) is 33.1 Å². The van der Waals surface area contributed by atoms with E-state index < -0.39 is 0 Å². The van der Waals surface area contributed by atoms with Crippen molar-refractivity contribution in [1.82, 2.24) is 5.32 Å². The van der Waals surface area contributed by atoms with Crippen molar-refractivity contribution >= 4 is 0 Å². The lowest BCUT2D eigenvalue weighted by Gasteiger charge is -2.18. The Hall–Kier alpha value is -0.0400. The molecule has 1 saturated heterocycles. The molecule has 1 nitrogen and oxygen atoms in total. The Morgan fingerprint density at radius 3 is 2.75 bits per heavy atom. The fourth-order valence-corrected chi connectivity index (χ4v) is 2.26. The number of rotatable bonds is 5. The highest BCUT2D eigenvalue weighted by molar-refractivity contribution is 4.76. The van der Waals surface area contributed by atoms with Crippen molar-refractivity contribution in [2.24, 2.45) is 5.92 Å². The van der Waals surface area contributed by atoms with Crippen LogP contribution in [0.4, 0.5) is 0 Å². The zero-order valence-corrected chi connectivity index (χ0v) is 8.60. The fourth-order valence-electron chi connectivity index (χ4n) is 2.26. The molecule has 0 radical (unpaired) electrons. The summed E-state index contributed by atoms with van der Waals surface area (Å²) < 4.78 is 0. The van der Waals surface area contributed by atoms with Gasteiger partial charge in [-0.15, -0.1) is 0 Å². The van der Waals surface area contributed by atoms with Gasteiger partial charge >= 0.3 is 0 Å². The van der Waals surface area contributed by atoms with Gasteiger partial charge in [0.1, 0.15) is 0 Å². The second kappa shape index (κ2) is 5.58. The first-order chi connectivity index (χ1) is 5.86. The normalized spacial score (nSPS) is 26.0. The molecule has 1 N–H and O–H groups in total. The Kier molecular flexibility index (Phi) is 4.67. The molecule has 1 aliphatic heterocycles. The highest BCUT2D eigenvalue weighted by atomic mass is 14.9. The van der Waals surface area contributed by atoms with Gasteiger partial charge in [0.2, 0.25) is 0 Å². The largest absolute Gasteiger partial charge is 0.314 e. The molecule has 12 heavy (non-hydrogen) atoms. The summed E-state index contributed by atoms with van der Waals surface area (Å²) in [4.78, 5) is 0. The van der Waals surface area contributed by atoms with Crippen LogP contribution in [0.25, 0.3) is 0 Å². The van der Waals surface area contributed by atoms with Gasteiger partial charge in [0.15, 0.2) is 0 Å². The summed E-state index contributed by atoms with van der Waals surface area (Å²) >= 11 is 0. The molecular formula is C11H23N. The van der Waals surface area contributed by atoms with Gasteiger partial charge in [0, 0.05) is 6.04 Å². The third-order valence-corrected chi connectivity index (χ3v) is 3.05. The van der Waals surface area contributed by atoms with Crippen LogP contribution in [0, 0.1) is 5.92 Å². The number of hydrogen-bond donors (Lipinski definition) is 1. The lowest BCUT2D eigenvalue weighted by Crippen LogP contribution is -2.24. The van der Waals surface area contributed by atoms with Crippen molar-refractivity contribution in [3.05, 3.63) is 0 Å². The van der Waals surface area contributed by atoms with Gasteiger partial charge in [-0.3, -0.25) is 0 Å². The van der Waals surface area contributed by atoms with E-state index in [1.165, 1.54) is 45.1 Å². The SMILES string of the molecule is CCCC(CC)CC1CCCN1. The Balaban J connectivity index is 2.16. The summed E-state index contributed by atoms with van der Waals surface area (Å²) in [5.41, 5.74) is 0.